The lowest BCUT2D eigenvalue weighted by atomic mass is 10.1. The summed E-state index contributed by atoms with van der Waals surface area (Å²) in [5.41, 5.74) is 1.43. The minimum Gasteiger partial charge on any atom is -0.355 e. The molecule has 1 aromatic carbocycles. The number of carbonyl (C=O) groups is 2. The van der Waals surface area contributed by atoms with E-state index in [1.165, 1.54) is 6.92 Å². The predicted molar refractivity (Wildman–Crippen MR) is 62.0 cm³/mol. The highest BCUT2D eigenvalue weighted by Gasteiger charge is 1.90. The summed E-state index contributed by atoms with van der Waals surface area (Å²) in [5, 5.41) is 2.66. The van der Waals surface area contributed by atoms with Crippen LogP contribution in [0.5, 0.6) is 0 Å². The summed E-state index contributed by atoms with van der Waals surface area (Å²) in [5.74, 6) is 5.81. The molecule has 0 fully saturated rings. The van der Waals surface area contributed by atoms with Crippen LogP contribution in [0.15, 0.2) is 24.3 Å². The molecule has 1 rings (SSSR count). The van der Waals surface area contributed by atoms with Crippen molar-refractivity contribution in [2.75, 3.05) is 6.54 Å². The molecule has 0 aromatic heterocycles. The van der Waals surface area contributed by atoms with Crippen molar-refractivity contribution in [1.29, 1.82) is 0 Å². The van der Waals surface area contributed by atoms with E-state index in [9.17, 15) is 9.59 Å². The number of hydrogen-bond donors (Lipinski definition) is 1. The van der Waals surface area contributed by atoms with E-state index in [1.807, 2.05) is 6.07 Å². The van der Waals surface area contributed by atoms with Gasteiger partial charge in [0.2, 0.25) is 5.91 Å². The molecule has 82 valence electrons. The van der Waals surface area contributed by atoms with Crippen molar-refractivity contribution in [3.8, 4) is 11.8 Å². The Balaban J connectivity index is 2.49. The Morgan fingerprint density at radius 1 is 1.50 bits per heavy atom. The first kappa shape index (κ1) is 12.0. The molecular weight excluding hydrogens is 202 g/mol. The van der Waals surface area contributed by atoms with Gasteiger partial charge in [0, 0.05) is 31.0 Å². The summed E-state index contributed by atoms with van der Waals surface area (Å²) in [4.78, 5) is 21.1. The van der Waals surface area contributed by atoms with Gasteiger partial charge in [-0.2, -0.15) is 0 Å². The second-order valence-electron chi connectivity index (χ2n) is 3.28. The van der Waals surface area contributed by atoms with E-state index in [-0.39, 0.29) is 5.91 Å². The van der Waals surface area contributed by atoms with Gasteiger partial charge >= 0.3 is 0 Å². The molecular formula is C13H13NO2. The van der Waals surface area contributed by atoms with Gasteiger partial charge in [-0.1, -0.05) is 24.0 Å². The number of nitrogens with one attached hydrogen (secondary N) is 1. The quantitative estimate of drug-likeness (QED) is 0.470. The van der Waals surface area contributed by atoms with Crippen molar-refractivity contribution in [1.82, 2.24) is 5.32 Å². The largest absolute Gasteiger partial charge is 0.355 e. The van der Waals surface area contributed by atoms with Crippen LogP contribution >= 0.6 is 0 Å². The van der Waals surface area contributed by atoms with Crippen molar-refractivity contribution in [2.24, 2.45) is 0 Å². The summed E-state index contributed by atoms with van der Waals surface area (Å²) >= 11 is 0. The highest BCUT2D eigenvalue weighted by molar-refractivity contribution is 5.75. The van der Waals surface area contributed by atoms with E-state index < -0.39 is 0 Å². The zero-order valence-corrected chi connectivity index (χ0v) is 9.12. The SMILES string of the molecule is CC(=O)NCCC#Cc1cccc(C=O)c1. The van der Waals surface area contributed by atoms with Gasteiger partial charge in [-0.05, 0) is 12.1 Å². The molecule has 0 spiro atoms. The second-order valence-corrected chi connectivity index (χ2v) is 3.28. The third-order valence-electron chi connectivity index (χ3n) is 1.88. The first-order valence-electron chi connectivity index (χ1n) is 5.01. The zero-order valence-electron chi connectivity index (χ0n) is 9.12. The molecule has 0 saturated carbocycles. The average Bonchev–Trinajstić information content (AvgIpc) is 2.28. The topological polar surface area (TPSA) is 46.2 Å². The number of carbonyl (C=O) groups excluding carboxylic acids is 2. The first-order valence-corrected chi connectivity index (χ1v) is 5.01. The Hall–Kier alpha value is -2.08. The standard InChI is InChI=1S/C13H13NO2/c1-11(16)14-8-3-2-5-12-6-4-7-13(9-12)10-15/h4,6-7,9-10H,3,8H2,1H3,(H,14,16). The molecule has 3 heteroatoms. The van der Waals surface area contributed by atoms with Crippen molar-refractivity contribution in [3.63, 3.8) is 0 Å². The maximum Gasteiger partial charge on any atom is 0.216 e. The lowest BCUT2D eigenvalue weighted by Gasteiger charge is -1.95. The van der Waals surface area contributed by atoms with Crippen LogP contribution in [0, 0.1) is 11.8 Å². The second kappa shape index (κ2) is 6.41. The smallest absolute Gasteiger partial charge is 0.216 e. The summed E-state index contributed by atoms with van der Waals surface area (Å²) in [7, 11) is 0. The highest BCUT2D eigenvalue weighted by atomic mass is 16.1. The fourth-order valence-electron chi connectivity index (χ4n) is 1.16. The minimum absolute atomic E-state index is 0.0512. The molecule has 1 N–H and O–H groups in total. The summed E-state index contributed by atoms with van der Waals surface area (Å²) in [6, 6.07) is 7.11. The van der Waals surface area contributed by atoms with Gasteiger partial charge < -0.3 is 5.32 Å². The minimum atomic E-state index is -0.0512. The lowest BCUT2D eigenvalue weighted by Crippen LogP contribution is -2.20. The van der Waals surface area contributed by atoms with Gasteiger partial charge in [-0.3, -0.25) is 9.59 Å². The van der Waals surface area contributed by atoms with Gasteiger partial charge in [0.05, 0.1) is 0 Å². The first-order chi connectivity index (χ1) is 7.72. The maximum atomic E-state index is 10.6. The molecule has 0 aliphatic rings. The third-order valence-corrected chi connectivity index (χ3v) is 1.88. The van der Waals surface area contributed by atoms with E-state index in [0.29, 0.717) is 18.5 Å². The van der Waals surface area contributed by atoms with E-state index in [1.54, 1.807) is 18.2 Å². The molecule has 0 saturated heterocycles. The Bertz CT molecular complexity index is 441. The Morgan fingerprint density at radius 3 is 3.00 bits per heavy atom. The van der Waals surface area contributed by atoms with Crippen LogP contribution < -0.4 is 5.32 Å². The Kier molecular flexibility index (Phi) is 4.81. The van der Waals surface area contributed by atoms with E-state index in [4.69, 9.17) is 0 Å². The van der Waals surface area contributed by atoms with Gasteiger partial charge in [0.1, 0.15) is 6.29 Å². The molecule has 0 aliphatic carbocycles. The monoisotopic (exact) mass is 215 g/mol. The number of amides is 1. The molecule has 1 aromatic rings. The van der Waals surface area contributed by atoms with Crippen LogP contribution in [0.2, 0.25) is 0 Å². The van der Waals surface area contributed by atoms with Gasteiger partial charge in [-0.25, -0.2) is 0 Å². The van der Waals surface area contributed by atoms with Crippen LogP contribution in [0.1, 0.15) is 29.3 Å². The molecule has 0 heterocycles. The lowest BCUT2D eigenvalue weighted by molar-refractivity contribution is -0.118. The molecule has 0 atom stereocenters. The fraction of sp³-hybridized carbons (Fsp3) is 0.231. The molecule has 1 amide bonds. The third kappa shape index (κ3) is 4.43. The van der Waals surface area contributed by atoms with Crippen LogP contribution in [-0.2, 0) is 4.79 Å². The summed E-state index contributed by atoms with van der Waals surface area (Å²) < 4.78 is 0. The van der Waals surface area contributed by atoms with Crippen molar-refractivity contribution < 1.29 is 9.59 Å². The molecule has 16 heavy (non-hydrogen) atoms. The number of hydrogen-bond acceptors (Lipinski definition) is 2. The summed E-state index contributed by atoms with van der Waals surface area (Å²) in [6.45, 7) is 2.02. The van der Waals surface area contributed by atoms with Gasteiger partial charge in [0.25, 0.3) is 0 Å². The van der Waals surface area contributed by atoms with Crippen molar-refractivity contribution >= 4 is 12.2 Å². The van der Waals surface area contributed by atoms with Crippen molar-refractivity contribution in [3.05, 3.63) is 35.4 Å². The van der Waals surface area contributed by atoms with E-state index in [0.717, 1.165) is 11.8 Å². The zero-order chi connectivity index (χ0) is 11.8. The maximum absolute atomic E-state index is 10.6. The number of aldehydes is 1. The average molecular weight is 215 g/mol. The van der Waals surface area contributed by atoms with Crippen LogP contribution in [0.25, 0.3) is 0 Å². The Labute approximate surface area is 94.9 Å². The van der Waals surface area contributed by atoms with Crippen molar-refractivity contribution in [2.45, 2.75) is 13.3 Å². The fourth-order valence-corrected chi connectivity index (χ4v) is 1.16. The number of benzene rings is 1. The summed E-state index contributed by atoms with van der Waals surface area (Å²) in [6.07, 6.45) is 1.40. The van der Waals surface area contributed by atoms with Gasteiger partial charge in [0.15, 0.2) is 0 Å². The Morgan fingerprint density at radius 2 is 2.31 bits per heavy atom. The van der Waals surface area contributed by atoms with Crippen LogP contribution in [0.3, 0.4) is 0 Å². The highest BCUT2D eigenvalue weighted by Crippen LogP contribution is 2.01. The predicted octanol–water partition coefficient (Wildman–Crippen LogP) is 1.38. The molecule has 0 aliphatic heterocycles. The molecule has 0 bridgehead atoms. The van der Waals surface area contributed by atoms with Crippen LogP contribution in [0.4, 0.5) is 0 Å². The normalized spacial score (nSPS) is 8.81. The molecule has 0 radical (unpaired) electrons. The van der Waals surface area contributed by atoms with Gasteiger partial charge in [-0.15, -0.1) is 0 Å². The molecule has 0 unspecified atom stereocenters. The van der Waals surface area contributed by atoms with Crippen LogP contribution in [-0.4, -0.2) is 18.7 Å². The van der Waals surface area contributed by atoms with E-state index in [2.05, 4.69) is 17.2 Å². The van der Waals surface area contributed by atoms with E-state index >= 15 is 0 Å². The number of rotatable bonds is 3. The molecule has 3 nitrogen and oxygen atoms in total.